The molecule has 0 N–H and O–H groups in total. The zero-order valence-corrected chi connectivity index (χ0v) is 18.7. The molecule has 3 rings (SSSR count). The van der Waals surface area contributed by atoms with Crippen LogP contribution in [0.25, 0.3) is 0 Å². The molecule has 10 heteroatoms. The first-order valence-corrected chi connectivity index (χ1v) is 11.9. The average molecular weight is 459 g/mol. The maximum absolute atomic E-state index is 12.8. The molecule has 2 heterocycles. The summed E-state index contributed by atoms with van der Waals surface area (Å²) in [5.74, 6) is -1.10. The topological polar surface area (TPSA) is 93.2 Å². The van der Waals surface area contributed by atoms with Crippen LogP contribution < -0.4 is 0 Å². The van der Waals surface area contributed by atoms with Gasteiger partial charge >= 0.3 is 5.97 Å². The first-order valence-electron chi connectivity index (χ1n) is 10.1. The Morgan fingerprint density at radius 2 is 1.80 bits per heavy atom. The second-order valence-electron chi connectivity index (χ2n) is 7.66. The van der Waals surface area contributed by atoms with Crippen LogP contribution in [0.4, 0.5) is 0 Å². The molecule has 2 saturated heterocycles. The smallest absolute Gasteiger partial charge is 0.340 e. The number of ether oxygens (including phenoxy) is 2. The van der Waals surface area contributed by atoms with Crippen molar-refractivity contribution in [2.75, 3.05) is 32.9 Å². The second-order valence-corrected chi connectivity index (χ2v) is 10.0. The average Bonchev–Trinajstić information content (AvgIpc) is 2.72. The molecule has 2 aliphatic heterocycles. The van der Waals surface area contributed by atoms with Gasteiger partial charge in [-0.3, -0.25) is 4.79 Å². The Hall–Kier alpha value is -1.68. The minimum atomic E-state index is -3.79. The van der Waals surface area contributed by atoms with Crippen molar-refractivity contribution in [3.63, 3.8) is 0 Å². The van der Waals surface area contributed by atoms with Crippen LogP contribution in [-0.2, 0) is 24.3 Å². The van der Waals surface area contributed by atoms with E-state index in [0.29, 0.717) is 13.2 Å². The van der Waals surface area contributed by atoms with Crippen molar-refractivity contribution in [3.8, 4) is 0 Å². The van der Waals surface area contributed by atoms with E-state index in [1.165, 1.54) is 22.5 Å². The highest BCUT2D eigenvalue weighted by atomic mass is 35.5. The van der Waals surface area contributed by atoms with Gasteiger partial charge in [0, 0.05) is 25.2 Å². The molecular weight excluding hydrogens is 432 g/mol. The maximum Gasteiger partial charge on any atom is 0.340 e. The van der Waals surface area contributed by atoms with Gasteiger partial charge < -0.3 is 14.4 Å². The summed E-state index contributed by atoms with van der Waals surface area (Å²) in [7, 11) is -3.79. The van der Waals surface area contributed by atoms with E-state index < -0.39 is 22.6 Å². The number of morpholine rings is 1. The number of carbonyl (C=O) groups is 2. The fourth-order valence-corrected chi connectivity index (χ4v) is 5.58. The number of sulfonamides is 1. The third-order valence-corrected chi connectivity index (χ3v) is 7.80. The van der Waals surface area contributed by atoms with Crippen molar-refractivity contribution >= 4 is 33.5 Å². The number of hydrogen-bond donors (Lipinski definition) is 0. The molecule has 0 saturated carbocycles. The van der Waals surface area contributed by atoms with Gasteiger partial charge in [-0.1, -0.05) is 11.6 Å². The Kier molecular flexibility index (Phi) is 7.38. The summed E-state index contributed by atoms with van der Waals surface area (Å²) in [6.07, 6.45) is 2.89. The summed E-state index contributed by atoms with van der Waals surface area (Å²) < 4.78 is 37.4. The van der Waals surface area contributed by atoms with Crippen molar-refractivity contribution in [2.24, 2.45) is 0 Å². The lowest BCUT2D eigenvalue weighted by Gasteiger charge is -2.38. The molecule has 0 aliphatic carbocycles. The molecule has 0 aromatic heterocycles. The van der Waals surface area contributed by atoms with Crippen LogP contribution in [0.5, 0.6) is 0 Å². The highest BCUT2D eigenvalue weighted by Crippen LogP contribution is 2.25. The number of halogens is 1. The lowest BCUT2D eigenvalue weighted by atomic mass is 9.97. The quantitative estimate of drug-likeness (QED) is 0.628. The van der Waals surface area contributed by atoms with Gasteiger partial charge in [-0.15, -0.1) is 0 Å². The van der Waals surface area contributed by atoms with Crippen LogP contribution in [0, 0.1) is 0 Å². The number of nitrogens with zero attached hydrogens (tertiary/aromatic N) is 2. The van der Waals surface area contributed by atoms with Gasteiger partial charge in [-0.2, -0.15) is 4.31 Å². The fourth-order valence-electron chi connectivity index (χ4n) is 3.95. The third-order valence-electron chi connectivity index (χ3n) is 5.57. The summed E-state index contributed by atoms with van der Waals surface area (Å²) >= 11 is 6.11. The Morgan fingerprint density at radius 1 is 1.17 bits per heavy atom. The van der Waals surface area contributed by atoms with E-state index in [2.05, 4.69) is 0 Å². The van der Waals surface area contributed by atoms with E-state index in [9.17, 15) is 18.0 Å². The van der Waals surface area contributed by atoms with Crippen molar-refractivity contribution in [2.45, 2.75) is 50.1 Å². The molecule has 166 valence electrons. The van der Waals surface area contributed by atoms with Gasteiger partial charge in [0.25, 0.3) is 5.91 Å². The van der Waals surface area contributed by atoms with Crippen LogP contribution >= 0.6 is 11.6 Å². The summed E-state index contributed by atoms with van der Waals surface area (Å²) in [6, 6.07) is 4.08. The van der Waals surface area contributed by atoms with Crippen molar-refractivity contribution in [3.05, 3.63) is 28.8 Å². The monoisotopic (exact) mass is 458 g/mol. The summed E-state index contributed by atoms with van der Waals surface area (Å²) in [5, 5.41) is 0.0630. The second kappa shape index (κ2) is 9.64. The molecule has 1 aromatic carbocycles. The molecule has 1 aromatic rings. The van der Waals surface area contributed by atoms with Crippen LogP contribution in [0.15, 0.2) is 23.1 Å². The lowest BCUT2D eigenvalue weighted by Crippen LogP contribution is -2.49. The van der Waals surface area contributed by atoms with E-state index in [4.69, 9.17) is 21.1 Å². The Balaban J connectivity index is 1.71. The number of benzene rings is 1. The molecule has 1 amide bonds. The summed E-state index contributed by atoms with van der Waals surface area (Å²) in [5.41, 5.74) is -0.0847. The van der Waals surface area contributed by atoms with Crippen molar-refractivity contribution in [1.82, 2.24) is 9.21 Å². The third kappa shape index (κ3) is 4.96. The fraction of sp³-hybridized carbons (Fsp3) is 0.600. The van der Waals surface area contributed by atoms with Gasteiger partial charge in [-0.05, 0) is 51.3 Å². The molecular formula is C20H27ClN2O6S. The number of carbonyl (C=O) groups excluding carboxylic acids is 2. The van der Waals surface area contributed by atoms with Crippen LogP contribution in [-0.4, -0.2) is 74.5 Å². The maximum atomic E-state index is 12.8. The SMILES string of the molecule is C[C@@H]1CCC[C@@H](C)N1C(=O)COC(=O)c1cc(S(=O)(=O)N2CCOCC2)ccc1Cl. The molecule has 2 aliphatic rings. The van der Waals surface area contributed by atoms with Gasteiger partial charge in [-0.25, -0.2) is 13.2 Å². The Labute approximate surface area is 182 Å². The predicted molar refractivity (Wildman–Crippen MR) is 111 cm³/mol. The predicted octanol–water partition coefficient (Wildman–Crippen LogP) is 2.31. The molecule has 0 bridgehead atoms. The minimum absolute atomic E-state index is 0.0506. The van der Waals surface area contributed by atoms with Gasteiger partial charge in [0.15, 0.2) is 6.61 Å². The lowest BCUT2D eigenvalue weighted by molar-refractivity contribution is -0.140. The molecule has 8 nitrogen and oxygen atoms in total. The van der Waals surface area contributed by atoms with Crippen molar-refractivity contribution in [1.29, 1.82) is 0 Å². The number of likely N-dealkylation sites (tertiary alicyclic amines) is 1. The normalized spacial score (nSPS) is 23.2. The standard InChI is InChI=1S/C20H27ClN2O6S/c1-14-4-3-5-15(2)23(14)19(24)13-29-20(25)17-12-16(6-7-18(17)21)30(26,27)22-8-10-28-11-9-22/h6-7,12,14-15H,3-5,8-11,13H2,1-2H3/t14-,15-/m1/s1. The zero-order valence-electron chi connectivity index (χ0n) is 17.2. The van der Waals surface area contributed by atoms with E-state index >= 15 is 0 Å². The molecule has 0 spiro atoms. The van der Waals surface area contributed by atoms with Gasteiger partial charge in [0.1, 0.15) is 0 Å². The Morgan fingerprint density at radius 3 is 2.43 bits per heavy atom. The molecule has 0 radical (unpaired) electrons. The number of hydrogen-bond acceptors (Lipinski definition) is 6. The Bertz CT molecular complexity index is 891. The van der Waals surface area contributed by atoms with Gasteiger partial charge in [0.05, 0.1) is 28.7 Å². The highest BCUT2D eigenvalue weighted by molar-refractivity contribution is 7.89. The van der Waals surface area contributed by atoms with Gasteiger partial charge in [0.2, 0.25) is 10.0 Å². The highest BCUT2D eigenvalue weighted by Gasteiger charge is 2.31. The molecule has 2 atom stereocenters. The van der Waals surface area contributed by atoms with E-state index in [-0.39, 0.29) is 46.6 Å². The first kappa shape index (κ1) is 23.0. The first-order chi connectivity index (χ1) is 14.2. The van der Waals surface area contributed by atoms with Crippen molar-refractivity contribution < 1.29 is 27.5 Å². The molecule has 0 unspecified atom stereocenters. The van der Waals surface area contributed by atoms with E-state index in [1.54, 1.807) is 4.90 Å². The number of rotatable bonds is 5. The number of esters is 1. The number of amides is 1. The number of piperidine rings is 1. The largest absolute Gasteiger partial charge is 0.452 e. The van der Waals surface area contributed by atoms with E-state index in [0.717, 1.165) is 19.3 Å². The van der Waals surface area contributed by atoms with E-state index in [1.807, 2.05) is 13.8 Å². The van der Waals surface area contributed by atoms with Crippen LogP contribution in [0.2, 0.25) is 5.02 Å². The molecule has 2 fully saturated rings. The minimum Gasteiger partial charge on any atom is -0.452 e. The zero-order chi connectivity index (χ0) is 21.9. The van der Waals surface area contributed by atoms with Crippen LogP contribution in [0.3, 0.4) is 0 Å². The summed E-state index contributed by atoms with van der Waals surface area (Å²) in [4.78, 5) is 26.8. The summed E-state index contributed by atoms with van der Waals surface area (Å²) in [6.45, 7) is 4.66. The van der Waals surface area contributed by atoms with Crippen LogP contribution in [0.1, 0.15) is 43.5 Å². The molecule has 30 heavy (non-hydrogen) atoms.